The maximum Gasteiger partial charge on any atom is 0.0812 e. The molecule has 1 N–H and O–H groups in total. The lowest BCUT2D eigenvalue weighted by Crippen LogP contribution is -2.26. The minimum absolute atomic E-state index is 0.137. The Morgan fingerprint density at radius 2 is 1.95 bits per heavy atom. The summed E-state index contributed by atoms with van der Waals surface area (Å²) in [5.74, 6) is 0. The number of halogens is 1. The minimum Gasteiger partial charge on any atom is -0.388 e. The first-order valence-corrected chi connectivity index (χ1v) is 8.23. The minimum atomic E-state index is -0.348. The van der Waals surface area contributed by atoms with Crippen LogP contribution in [0.5, 0.6) is 0 Å². The van der Waals surface area contributed by atoms with Crippen LogP contribution in [0.1, 0.15) is 48.9 Å². The van der Waals surface area contributed by atoms with Crippen molar-refractivity contribution in [2.45, 2.75) is 46.6 Å². The van der Waals surface area contributed by atoms with Crippen molar-refractivity contribution in [1.29, 1.82) is 0 Å². The zero-order valence-corrected chi connectivity index (χ0v) is 14.7. The smallest absolute Gasteiger partial charge is 0.0812 e. The number of aromatic nitrogens is 1. The molecule has 1 unspecified atom stereocenters. The molecule has 0 spiro atoms. The monoisotopic (exact) mass is 347 g/mol. The Balaban J connectivity index is 2.21. The molecule has 2 aromatic rings. The Labute approximate surface area is 134 Å². The van der Waals surface area contributed by atoms with Gasteiger partial charge in [-0.15, -0.1) is 0 Å². The molecule has 112 valence electrons. The summed E-state index contributed by atoms with van der Waals surface area (Å²) in [4.78, 5) is 0. The molecule has 1 atom stereocenters. The molecule has 3 rings (SSSR count). The van der Waals surface area contributed by atoms with Crippen LogP contribution in [0.4, 0.5) is 0 Å². The van der Waals surface area contributed by atoms with Gasteiger partial charge in [0.25, 0.3) is 0 Å². The highest BCUT2D eigenvalue weighted by atomic mass is 79.9. The fourth-order valence-corrected chi connectivity index (χ4v) is 4.02. The van der Waals surface area contributed by atoms with Crippen molar-refractivity contribution in [1.82, 2.24) is 4.57 Å². The number of benzene rings is 1. The predicted molar refractivity (Wildman–Crippen MR) is 90.0 cm³/mol. The molecule has 0 fully saturated rings. The van der Waals surface area contributed by atoms with Crippen LogP contribution in [0.15, 0.2) is 28.7 Å². The summed E-state index contributed by atoms with van der Waals surface area (Å²) in [5.41, 5.74) is 6.15. The van der Waals surface area contributed by atoms with Crippen molar-refractivity contribution in [3.8, 4) is 5.69 Å². The molecule has 0 aliphatic heterocycles. The van der Waals surface area contributed by atoms with Crippen LogP contribution in [0, 0.1) is 19.3 Å². The molecule has 3 heteroatoms. The molecule has 0 saturated carbocycles. The number of nitrogens with zero attached hydrogens (tertiary/aromatic N) is 1. The number of aryl methyl sites for hydroxylation is 2. The Bertz CT molecular complexity index is 699. The van der Waals surface area contributed by atoms with E-state index < -0.39 is 0 Å². The molecule has 1 aromatic carbocycles. The SMILES string of the molecule is Cc1cc(Br)ccc1-n1c(C)cc2c1CC(C)(C)CC2O. The molecule has 0 amide bonds. The lowest BCUT2D eigenvalue weighted by Gasteiger charge is -2.34. The average Bonchev–Trinajstić information content (AvgIpc) is 2.65. The first-order valence-electron chi connectivity index (χ1n) is 7.44. The molecule has 1 aromatic heterocycles. The molecule has 0 radical (unpaired) electrons. The average molecular weight is 348 g/mol. The fourth-order valence-electron chi connectivity index (χ4n) is 3.55. The summed E-state index contributed by atoms with van der Waals surface area (Å²) in [5, 5.41) is 10.5. The van der Waals surface area contributed by atoms with Gasteiger partial charge >= 0.3 is 0 Å². The van der Waals surface area contributed by atoms with Crippen molar-refractivity contribution in [3.63, 3.8) is 0 Å². The van der Waals surface area contributed by atoms with E-state index >= 15 is 0 Å². The number of rotatable bonds is 1. The second kappa shape index (κ2) is 4.99. The predicted octanol–water partition coefficient (Wildman–Crippen LogP) is 4.86. The Morgan fingerprint density at radius 3 is 2.62 bits per heavy atom. The number of hydrogen-bond acceptors (Lipinski definition) is 1. The molecule has 0 bridgehead atoms. The molecule has 2 nitrogen and oxygen atoms in total. The van der Waals surface area contributed by atoms with E-state index in [4.69, 9.17) is 0 Å². The van der Waals surface area contributed by atoms with E-state index in [0.29, 0.717) is 0 Å². The molecule has 1 aliphatic carbocycles. The van der Waals surface area contributed by atoms with Crippen LogP contribution in [-0.2, 0) is 6.42 Å². The van der Waals surface area contributed by atoms with Crippen LogP contribution in [-0.4, -0.2) is 9.67 Å². The van der Waals surface area contributed by atoms with Gasteiger partial charge in [0.1, 0.15) is 0 Å². The van der Waals surface area contributed by atoms with Gasteiger partial charge in [-0.2, -0.15) is 0 Å². The van der Waals surface area contributed by atoms with E-state index in [-0.39, 0.29) is 11.5 Å². The van der Waals surface area contributed by atoms with E-state index in [1.54, 1.807) is 0 Å². The van der Waals surface area contributed by atoms with E-state index in [1.165, 1.54) is 22.6 Å². The van der Waals surface area contributed by atoms with Crippen molar-refractivity contribution >= 4 is 15.9 Å². The fraction of sp³-hybridized carbons (Fsp3) is 0.444. The van der Waals surface area contributed by atoms with Gasteiger partial charge in [0, 0.05) is 27.1 Å². The zero-order valence-electron chi connectivity index (χ0n) is 13.1. The van der Waals surface area contributed by atoms with E-state index in [9.17, 15) is 5.11 Å². The molecule has 21 heavy (non-hydrogen) atoms. The molecule has 0 saturated heterocycles. The first-order chi connectivity index (χ1) is 9.78. The van der Waals surface area contributed by atoms with Gasteiger partial charge < -0.3 is 9.67 Å². The molecular formula is C18H22BrNO. The highest BCUT2D eigenvalue weighted by Gasteiger charge is 2.34. The highest BCUT2D eigenvalue weighted by Crippen LogP contribution is 2.43. The first kappa shape index (κ1) is 14.9. The zero-order chi connectivity index (χ0) is 15.4. The number of hydrogen-bond donors (Lipinski definition) is 1. The van der Waals surface area contributed by atoms with Gasteiger partial charge in [-0.25, -0.2) is 0 Å². The van der Waals surface area contributed by atoms with E-state index in [0.717, 1.165) is 22.9 Å². The second-order valence-electron chi connectivity index (χ2n) is 7.01. The van der Waals surface area contributed by atoms with Gasteiger partial charge in [-0.05, 0) is 61.9 Å². The van der Waals surface area contributed by atoms with Crippen LogP contribution in [0.2, 0.25) is 0 Å². The van der Waals surface area contributed by atoms with Gasteiger partial charge in [0.2, 0.25) is 0 Å². The third kappa shape index (κ3) is 2.58. The van der Waals surface area contributed by atoms with Crippen LogP contribution in [0.3, 0.4) is 0 Å². The summed E-state index contributed by atoms with van der Waals surface area (Å²) in [6.45, 7) is 8.73. The van der Waals surface area contributed by atoms with Crippen LogP contribution < -0.4 is 0 Å². The largest absolute Gasteiger partial charge is 0.388 e. The summed E-state index contributed by atoms with van der Waals surface area (Å²) in [6, 6.07) is 8.53. The number of aliphatic hydroxyl groups excluding tert-OH is 1. The summed E-state index contributed by atoms with van der Waals surface area (Å²) >= 11 is 3.53. The normalized spacial score (nSPS) is 20.4. The second-order valence-corrected chi connectivity index (χ2v) is 7.93. The van der Waals surface area contributed by atoms with Crippen LogP contribution in [0.25, 0.3) is 5.69 Å². The lowest BCUT2D eigenvalue weighted by molar-refractivity contribution is 0.0987. The van der Waals surface area contributed by atoms with Crippen molar-refractivity contribution < 1.29 is 5.11 Å². The molecule has 1 aliphatic rings. The molecular weight excluding hydrogens is 326 g/mol. The maximum absolute atomic E-state index is 10.5. The topological polar surface area (TPSA) is 25.2 Å². The van der Waals surface area contributed by atoms with Crippen molar-refractivity contribution in [2.75, 3.05) is 0 Å². The third-order valence-corrected chi connectivity index (χ3v) is 4.96. The van der Waals surface area contributed by atoms with Crippen molar-refractivity contribution in [2.24, 2.45) is 5.41 Å². The Hall–Kier alpha value is -1.06. The van der Waals surface area contributed by atoms with Crippen molar-refractivity contribution in [3.05, 3.63) is 51.3 Å². The van der Waals surface area contributed by atoms with Gasteiger partial charge in [-0.1, -0.05) is 29.8 Å². The van der Waals surface area contributed by atoms with Crippen LogP contribution >= 0.6 is 15.9 Å². The standard InChI is InChI=1S/C18H22BrNO/c1-11-7-13(19)5-6-15(11)20-12(2)8-14-16(20)9-18(3,4)10-17(14)21/h5-8,17,21H,9-10H2,1-4H3. The van der Waals surface area contributed by atoms with Gasteiger partial charge in [0.05, 0.1) is 6.10 Å². The summed E-state index contributed by atoms with van der Waals surface area (Å²) < 4.78 is 3.42. The van der Waals surface area contributed by atoms with E-state index in [1.807, 2.05) is 0 Å². The Kier molecular flexibility index (Phi) is 3.53. The lowest BCUT2D eigenvalue weighted by atomic mass is 9.75. The van der Waals surface area contributed by atoms with E-state index in [2.05, 4.69) is 72.5 Å². The maximum atomic E-state index is 10.5. The van der Waals surface area contributed by atoms with Gasteiger partial charge in [-0.3, -0.25) is 0 Å². The summed E-state index contributed by atoms with van der Waals surface area (Å²) in [7, 11) is 0. The molecule has 1 heterocycles. The van der Waals surface area contributed by atoms with Gasteiger partial charge in [0.15, 0.2) is 0 Å². The third-order valence-electron chi connectivity index (χ3n) is 4.47. The quantitative estimate of drug-likeness (QED) is 0.782. The number of aliphatic hydroxyl groups is 1. The Morgan fingerprint density at radius 1 is 1.24 bits per heavy atom. The number of fused-ring (bicyclic) bond motifs is 1. The summed E-state index contributed by atoms with van der Waals surface area (Å²) in [6.07, 6.45) is 1.49. The highest BCUT2D eigenvalue weighted by molar-refractivity contribution is 9.10.